The van der Waals surface area contributed by atoms with Crippen LogP contribution in [0.25, 0.3) is 0 Å². The second-order valence-electron chi connectivity index (χ2n) is 6.94. The third-order valence-electron chi connectivity index (χ3n) is 5.29. The summed E-state index contributed by atoms with van der Waals surface area (Å²) in [5.74, 6) is -0.344. The van der Waals surface area contributed by atoms with E-state index in [2.05, 4.69) is 9.80 Å². The van der Waals surface area contributed by atoms with Gasteiger partial charge in [-0.1, -0.05) is 13.8 Å². The maximum absolute atomic E-state index is 13.0. The largest absolute Gasteiger partial charge is 0.369 e. The fourth-order valence-electron chi connectivity index (χ4n) is 3.36. The van der Waals surface area contributed by atoms with Crippen LogP contribution in [0.3, 0.4) is 0 Å². The summed E-state index contributed by atoms with van der Waals surface area (Å²) in [7, 11) is 0. The number of nitrogens with zero attached hydrogens (tertiary/aromatic N) is 3. The molecule has 2 amide bonds. The van der Waals surface area contributed by atoms with E-state index in [4.69, 9.17) is 0 Å². The van der Waals surface area contributed by atoms with Crippen molar-refractivity contribution in [2.75, 3.05) is 37.7 Å². The predicted molar refractivity (Wildman–Crippen MR) is 97.2 cm³/mol. The van der Waals surface area contributed by atoms with Gasteiger partial charge in [0.05, 0.1) is 12.1 Å². The number of imide groups is 1. The number of hydrogen-bond donors (Lipinski definition) is 0. The Morgan fingerprint density at radius 3 is 2.20 bits per heavy atom. The number of hydrogen-bond acceptors (Lipinski definition) is 4. The van der Waals surface area contributed by atoms with Gasteiger partial charge in [-0.05, 0) is 30.7 Å². The molecule has 0 bridgehead atoms. The molecule has 1 aromatic carbocycles. The molecule has 2 saturated heterocycles. The van der Waals surface area contributed by atoms with Crippen LogP contribution in [0.4, 0.5) is 10.1 Å². The Kier molecular flexibility index (Phi) is 6.06. The number of rotatable bonds is 4. The summed E-state index contributed by atoms with van der Waals surface area (Å²) in [6.07, 6.45) is 1.00. The predicted octanol–water partition coefficient (Wildman–Crippen LogP) is 2.50. The molecule has 2 heterocycles. The average Bonchev–Trinajstić information content (AvgIpc) is 2.80. The summed E-state index contributed by atoms with van der Waals surface area (Å²) in [4.78, 5) is 30.4. The number of piperazine rings is 1. The fourth-order valence-corrected chi connectivity index (χ4v) is 3.36. The molecule has 5 nitrogen and oxygen atoms in total. The van der Waals surface area contributed by atoms with Crippen LogP contribution in [0.1, 0.15) is 26.7 Å². The maximum atomic E-state index is 13.0. The first kappa shape index (κ1) is 19.7. The molecule has 0 aliphatic carbocycles. The lowest BCUT2D eigenvalue weighted by molar-refractivity contribution is -0.143. The first-order valence-corrected chi connectivity index (χ1v) is 8.50. The number of anilines is 1. The summed E-state index contributed by atoms with van der Waals surface area (Å²) < 4.78 is 13.0. The minimum absolute atomic E-state index is 0. The van der Waals surface area contributed by atoms with E-state index in [1.54, 1.807) is 12.1 Å². The first-order chi connectivity index (χ1) is 11.4. The molecular formula is C18H25ClFN3O2. The standard InChI is InChI=1S/C18H24FN3O2.ClH/c1-3-18(2)12-16(23)22(17(18)24)13-20-8-10-21(11-9-20)15-6-4-14(19)5-7-15;/h4-7H,3,8-13H2,1-2H3;1H. The average molecular weight is 370 g/mol. The summed E-state index contributed by atoms with van der Waals surface area (Å²) in [5, 5.41) is 0. The highest BCUT2D eigenvalue weighted by Gasteiger charge is 2.47. The van der Waals surface area contributed by atoms with Crippen LogP contribution in [0, 0.1) is 11.2 Å². The SMILES string of the molecule is CCC1(C)CC(=O)N(CN2CCN(c3ccc(F)cc3)CC2)C1=O.Cl. The van der Waals surface area contributed by atoms with Gasteiger partial charge in [0.15, 0.2) is 0 Å². The van der Waals surface area contributed by atoms with Crippen molar-refractivity contribution in [3.05, 3.63) is 30.1 Å². The molecule has 1 unspecified atom stereocenters. The third-order valence-corrected chi connectivity index (χ3v) is 5.29. The number of likely N-dealkylation sites (tertiary alicyclic amines) is 1. The van der Waals surface area contributed by atoms with Gasteiger partial charge in [0, 0.05) is 38.3 Å². The lowest BCUT2D eigenvalue weighted by Crippen LogP contribution is -2.51. The highest BCUT2D eigenvalue weighted by molar-refractivity contribution is 6.05. The Hall–Kier alpha value is -1.66. The number of carbonyl (C=O) groups is 2. The zero-order valence-corrected chi connectivity index (χ0v) is 15.5. The molecule has 138 valence electrons. The van der Waals surface area contributed by atoms with Crippen molar-refractivity contribution in [1.82, 2.24) is 9.80 Å². The minimum atomic E-state index is -0.535. The van der Waals surface area contributed by atoms with Crippen LogP contribution in [-0.2, 0) is 9.59 Å². The second kappa shape index (κ2) is 7.70. The monoisotopic (exact) mass is 369 g/mol. The smallest absolute Gasteiger partial charge is 0.236 e. The highest BCUT2D eigenvalue weighted by atomic mass is 35.5. The van der Waals surface area contributed by atoms with Crippen molar-refractivity contribution in [3.63, 3.8) is 0 Å². The van der Waals surface area contributed by atoms with Gasteiger partial charge in [-0.2, -0.15) is 0 Å². The van der Waals surface area contributed by atoms with E-state index < -0.39 is 5.41 Å². The molecule has 0 N–H and O–H groups in total. The van der Waals surface area contributed by atoms with Crippen molar-refractivity contribution < 1.29 is 14.0 Å². The molecule has 3 rings (SSSR count). The zero-order chi connectivity index (χ0) is 17.3. The summed E-state index contributed by atoms with van der Waals surface area (Å²) >= 11 is 0. The number of benzene rings is 1. The number of halogens is 2. The van der Waals surface area contributed by atoms with Gasteiger partial charge in [-0.25, -0.2) is 4.39 Å². The van der Waals surface area contributed by atoms with Crippen molar-refractivity contribution in [3.8, 4) is 0 Å². The van der Waals surface area contributed by atoms with E-state index in [1.165, 1.54) is 17.0 Å². The first-order valence-electron chi connectivity index (χ1n) is 8.50. The van der Waals surface area contributed by atoms with Gasteiger partial charge in [0.1, 0.15) is 5.82 Å². The fraction of sp³-hybridized carbons (Fsp3) is 0.556. The normalized spacial score (nSPS) is 24.6. The van der Waals surface area contributed by atoms with E-state index in [0.717, 1.165) is 31.9 Å². The van der Waals surface area contributed by atoms with E-state index in [9.17, 15) is 14.0 Å². The van der Waals surface area contributed by atoms with Crippen molar-refractivity contribution in [1.29, 1.82) is 0 Å². The third kappa shape index (κ3) is 3.96. The second-order valence-corrected chi connectivity index (χ2v) is 6.94. The number of amides is 2. The molecule has 25 heavy (non-hydrogen) atoms. The Bertz CT molecular complexity index is 632. The lowest BCUT2D eigenvalue weighted by atomic mass is 9.86. The van der Waals surface area contributed by atoms with Gasteiger partial charge in [0.25, 0.3) is 0 Å². The van der Waals surface area contributed by atoms with E-state index in [-0.39, 0.29) is 30.0 Å². The van der Waals surface area contributed by atoms with Crippen LogP contribution >= 0.6 is 12.4 Å². The topological polar surface area (TPSA) is 43.9 Å². The molecule has 0 spiro atoms. The van der Waals surface area contributed by atoms with Crippen LogP contribution in [0.15, 0.2) is 24.3 Å². The Morgan fingerprint density at radius 1 is 1.08 bits per heavy atom. The van der Waals surface area contributed by atoms with Crippen molar-refractivity contribution >= 4 is 29.9 Å². The molecule has 0 aromatic heterocycles. The van der Waals surface area contributed by atoms with E-state index in [1.807, 2.05) is 13.8 Å². The van der Waals surface area contributed by atoms with E-state index >= 15 is 0 Å². The van der Waals surface area contributed by atoms with E-state index in [0.29, 0.717) is 19.5 Å². The lowest BCUT2D eigenvalue weighted by Gasteiger charge is -2.37. The molecule has 0 saturated carbocycles. The minimum Gasteiger partial charge on any atom is -0.369 e. The summed E-state index contributed by atoms with van der Waals surface area (Å²) in [6.45, 7) is 7.36. The Morgan fingerprint density at radius 2 is 1.68 bits per heavy atom. The van der Waals surface area contributed by atoms with Crippen LogP contribution in [0.5, 0.6) is 0 Å². The molecule has 0 radical (unpaired) electrons. The highest BCUT2D eigenvalue weighted by Crippen LogP contribution is 2.35. The van der Waals surface area contributed by atoms with Gasteiger partial charge in [0.2, 0.25) is 11.8 Å². The van der Waals surface area contributed by atoms with Crippen LogP contribution in [-0.4, -0.2) is 54.5 Å². The zero-order valence-electron chi connectivity index (χ0n) is 14.7. The molecule has 7 heteroatoms. The molecule has 2 aliphatic rings. The Balaban J connectivity index is 0.00000225. The number of carbonyl (C=O) groups excluding carboxylic acids is 2. The van der Waals surface area contributed by atoms with Gasteiger partial charge in [-0.15, -0.1) is 12.4 Å². The van der Waals surface area contributed by atoms with Gasteiger partial charge >= 0.3 is 0 Å². The maximum Gasteiger partial charge on any atom is 0.236 e. The quantitative estimate of drug-likeness (QED) is 0.765. The Labute approximate surface area is 154 Å². The van der Waals surface area contributed by atoms with Crippen molar-refractivity contribution in [2.45, 2.75) is 26.7 Å². The van der Waals surface area contributed by atoms with Crippen LogP contribution < -0.4 is 4.90 Å². The molecule has 1 atom stereocenters. The molecule has 2 aliphatic heterocycles. The molecular weight excluding hydrogens is 345 g/mol. The van der Waals surface area contributed by atoms with Crippen LogP contribution in [0.2, 0.25) is 0 Å². The van der Waals surface area contributed by atoms with Crippen molar-refractivity contribution in [2.24, 2.45) is 5.41 Å². The van der Waals surface area contributed by atoms with Gasteiger partial charge < -0.3 is 4.90 Å². The molecule has 1 aromatic rings. The van der Waals surface area contributed by atoms with Gasteiger partial charge in [-0.3, -0.25) is 19.4 Å². The molecule has 2 fully saturated rings. The summed E-state index contributed by atoms with van der Waals surface area (Å²) in [6, 6.07) is 6.50. The summed E-state index contributed by atoms with van der Waals surface area (Å²) in [5.41, 5.74) is 0.468.